The quantitative estimate of drug-likeness (QED) is 0.830. The molecule has 0 aliphatic carbocycles. The van der Waals surface area contributed by atoms with Crippen molar-refractivity contribution >= 4 is 7.32 Å². The lowest BCUT2D eigenvalue weighted by Gasteiger charge is -2.42. The van der Waals surface area contributed by atoms with E-state index in [-0.39, 0.29) is 12.0 Å². The fourth-order valence-corrected chi connectivity index (χ4v) is 3.16. The zero-order valence-corrected chi connectivity index (χ0v) is 14.2. The van der Waals surface area contributed by atoms with Crippen LogP contribution < -0.4 is 5.73 Å². The molecule has 24 heavy (non-hydrogen) atoms. The summed E-state index contributed by atoms with van der Waals surface area (Å²) in [6, 6.07) is 19.9. The predicted octanol–water partition coefficient (Wildman–Crippen LogP) is 2.96. The van der Waals surface area contributed by atoms with Gasteiger partial charge in [-0.1, -0.05) is 74.5 Å². The topological polar surface area (TPSA) is 53.7 Å². The highest BCUT2D eigenvalue weighted by atomic mass is 16.8. The molecular weight excluding hydrogens is 301 g/mol. The highest BCUT2D eigenvalue weighted by molar-refractivity contribution is 6.37. The minimum Gasteiger partial charge on any atom is -0.384 e. The standard InChI is InChI=1S/C19H24BNO3/c1-15(2)18(21)19(16-9-5-3-6-10-16,17-11-7-4-8-12-17)24-20-22-13-14-23-20/h3-12,15,18H,13-14,21H2,1-2H3/t18-/m1/s1. The van der Waals surface area contributed by atoms with Crippen molar-refractivity contribution in [3.8, 4) is 0 Å². The van der Waals surface area contributed by atoms with E-state index < -0.39 is 12.9 Å². The summed E-state index contributed by atoms with van der Waals surface area (Å²) in [5, 5.41) is 0. The molecule has 0 radical (unpaired) electrons. The van der Waals surface area contributed by atoms with Gasteiger partial charge in [0.25, 0.3) is 0 Å². The Kier molecular flexibility index (Phi) is 5.36. The van der Waals surface area contributed by atoms with Gasteiger partial charge in [-0.15, -0.1) is 0 Å². The van der Waals surface area contributed by atoms with Crippen LogP contribution >= 0.6 is 0 Å². The molecule has 0 bridgehead atoms. The Balaban J connectivity index is 2.15. The Bertz CT molecular complexity index is 590. The highest BCUT2D eigenvalue weighted by Crippen LogP contribution is 2.39. The molecule has 0 amide bonds. The van der Waals surface area contributed by atoms with Crippen molar-refractivity contribution in [1.82, 2.24) is 0 Å². The average Bonchev–Trinajstić information content (AvgIpc) is 3.13. The first-order chi connectivity index (χ1) is 11.6. The van der Waals surface area contributed by atoms with Gasteiger partial charge in [0.1, 0.15) is 5.60 Å². The van der Waals surface area contributed by atoms with Crippen molar-refractivity contribution in [3.05, 3.63) is 71.8 Å². The maximum Gasteiger partial charge on any atom is 0.640 e. The van der Waals surface area contributed by atoms with E-state index in [0.29, 0.717) is 13.2 Å². The molecule has 2 aromatic rings. The number of hydrogen-bond acceptors (Lipinski definition) is 4. The van der Waals surface area contributed by atoms with Crippen molar-refractivity contribution < 1.29 is 14.0 Å². The first-order valence-corrected chi connectivity index (χ1v) is 8.42. The minimum atomic E-state index is -0.842. The van der Waals surface area contributed by atoms with Gasteiger partial charge in [-0.25, -0.2) is 0 Å². The van der Waals surface area contributed by atoms with E-state index in [9.17, 15) is 0 Å². The number of hydrogen-bond donors (Lipinski definition) is 1. The maximum absolute atomic E-state index is 6.70. The Morgan fingerprint density at radius 2 is 1.38 bits per heavy atom. The van der Waals surface area contributed by atoms with E-state index in [2.05, 4.69) is 13.8 Å². The van der Waals surface area contributed by atoms with E-state index in [1.165, 1.54) is 0 Å². The summed E-state index contributed by atoms with van der Waals surface area (Å²) in [4.78, 5) is 0. The molecule has 0 saturated carbocycles. The van der Waals surface area contributed by atoms with E-state index >= 15 is 0 Å². The summed E-state index contributed by atoms with van der Waals surface area (Å²) in [6.07, 6.45) is 0. The lowest BCUT2D eigenvalue weighted by atomic mass is 9.75. The number of nitrogens with two attached hydrogens (primary N) is 1. The second-order valence-corrected chi connectivity index (χ2v) is 6.39. The molecule has 126 valence electrons. The van der Waals surface area contributed by atoms with Crippen molar-refractivity contribution in [3.63, 3.8) is 0 Å². The highest BCUT2D eigenvalue weighted by Gasteiger charge is 2.47. The zero-order valence-electron chi connectivity index (χ0n) is 14.2. The van der Waals surface area contributed by atoms with Crippen LogP contribution in [0, 0.1) is 5.92 Å². The van der Waals surface area contributed by atoms with Gasteiger partial charge < -0.3 is 19.7 Å². The molecule has 2 aromatic carbocycles. The van der Waals surface area contributed by atoms with Crippen molar-refractivity contribution in [2.45, 2.75) is 25.5 Å². The molecular formula is C19H24BNO3. The Morgan fingerprint density at radius 3 is 1.79 bits per heavy atom. The van der Waals surface area contributed by atoms with Crippen LogP contribution in [0.2, 0.25) is 0 Å². The van der Waals surface area contributed by atoms with E-state index in [1.54, 1.807) is 0 Å². The molecule has 4 nitrogen and oxygen atoms in total. The van der Waals surface area contributed by atoms with Crippen LogP contribution in [0.25, 0.3) is 0 Å². The van der Waals surface area contributed by atoms with Crippen LogP contribution in [0.5, 0.6) is 0 Å². The maximum atomic E-state index is 6.70. The van der Waals surface area contributed by atoms with Crippen molar-refractivity contribution in [2.24, 2.45) is 11.7 Å². The van der Waals surface area contributed by atoms with Crippen molar-refractivity contribution in [2.75, 3.05) is 13.2 Å². The van der Waals surface area contributed by atoms with Gasteiger partial charge in [-0.2, -0.15) is 0 Å². The second-order valence-electron chi connectivity index (χ2n) is 6.39. The van der Waals surface area contributed by atoms with Gasteiger partial charge in [0.05, 0.1) is 13.2 Å². The second kappa shape index (κ2) is 7.49. The molecule has 1 aliphatic rings. The number of rotatable bonds is 6. The van der Waals surface area contributed by atoms with Gasteiger partial charge in [-0.05, 0) is 17.0 Å². The Labute approximate surface area is 144 Å². The zero-order chi connectivity index (χ0) is 17.0. The SMILES string of the molecule is CC(C)[C@@H](N)C(OB1OCCO1)(c1ccccc1)c1ccccc1. The molecule has 0 aromatic heterocycles. The van der Waals surface area contributed by atoms with Crippen molar-refractivity contribution in [1.29, 1.82) is 0 Å². The smallest absolute Gasteiger partial charge is 0.384 e. The lowest BCUT2D eigenvalue weighted by Crippen LogP contribution is -2.54. The van der Waals surface area contributed by atoms with E-state index in [1.807, 2.05) is 60.7 Å². The van der Waals surface area contributed by atoms with Gasteiger partial charge in [0.2, 0.25) is 0 Å². The van der Waals surface area contributed by atoms with Gasteiger partial charge in [-0.3, -0.25) is 0 Å². The third-order valence-corrected chi connectivity index (χ3v) is 4.47. The molecule has 5 heteroatoms. The normalized spacial score (nSPS) is 16.6. The summed E-state index contributed by atoms with van der Waals surface area (Å²) in [5.74, 6) is 0.201. The first-order valence-electron chi connectivity index (χ1n) is 8.42. The van der Waals surface area contributed by atoms with Crippen LogP contribution in [0.1, 0.15) is 25.0 Å². The Morgan fingerprint density at radius 1 is 0.917 bits per heavy atom. The third kappa shape index (κ3) is 3.26. The van der Waals surface area contributed by atoms with Crippen LogP contribution in [-0.2, 0) is 19.6 Å². The summed E-state index contributed by atoms with van der Waals surface area (Å²) >= 11 is 0. The first kappa shape index (κ1) is 17.2. The van der Waals surface area contributed by atoms with Crippen LogP contribution in [0.4, 0.5) is 0 Å². The summed E-state index contributed by atoms with van der Waals surface area (Å²) in [5.41, 5.74) is 7.85. The van der Waals surface area contributed by atoms with E-state index in [4.69, 9.17) is 19.7 Å². The van der Waals surface area contributed by atoms with Gasteiger partial charge in [0, 0.05) is 6.04 Å². The van der Waals surface area contributed by atoms with Crippen LogP contribution in [0.15, 0.2) is 60.7 Å². The molecule has 0 spiro atoms. The Hall–Kier alpha value is -1.66. The molecule has 1 heterocycles. The molecule has 1 saturated heterocycles. The van der Waals surface area contributed by atoms with Crippen LogP contribution in [0.3, 0.4) is 0 Å². The molecule has 2 N–H and O–H groups in total. The third-order valence-electron chi connectivity index (χ3n) is 4.47. The number of benzene rings is 2. The average molecular weight is 325 g/mol. The summed E-state index contributed by atoms with van der Waals surface area (Å²) < 4.78 is 17.6. The fraction of sp³-hybridized carbons (Fsp3) is 0.368. The summed E-state index contributed by atoms with van der Waals surface area (Å²) in [6.45, 7) is 5.26. The monoisotopic (exact) mass is 325 g/mol. The lowest BCUT2D eigenvalue weighted by molar-refractivity contribution is 0.0142. The molecule has 1 fully saturated rings. The predicted molar refractivity (Wildman–Crippen MR) is 95.2 cm³/mol. The van der Waals surface area contributed by atoms with Gasteiger partial charge >= 0.3 is 7.32 Å². The molecule has 1 atom stereocenters. The summed E-state index contributed by atoms with van der Waals surface area (Å²) in [7, 11) is -0.713. The molecule has 1 aliphatic heterocycles. The molecule has 3 rings (SSSR count). The molecule has 0 unspecified atom stereocenters. The minimum absolute atomic E-state index is 0.201. The van der Waals surface area contributed by atoms with Gasteiger partial charge in [0.15, 0.2) is 0 Å². The largest absolute Gasteiger partial charge is 0.640 e. The van der Waals surface area contributed by atoms with Crippen LogP contribution in [-0.4, -0.2) is 26.6 Å². The fourth-order valence-electron chi connectivity index (χ4n) is 3.16. The van der Waals surface area contributed by atoms with E-state index in [0.717, 1.165) is 11.1 Å².